The standard InChI is InChI=1S/C5H12N2O3S/c1-2-3-4-7(5(6)8)11(9)10/h2-4H2,1H3,(H2,6,8)(H,9,10)/p-1. The van der Waals surface area contributed by atoms with E-state index in [-0.39, 0.29) is 6.54 Å². The number of carbonyl (C=O) groups is 1. The van der Waals surface area contributed by atoms with Gasteiger partial charge in [0.15, 0.2) is 0 Å². The van der Waals surface area contributed by atoms with Crippen LogP contribution in [-0.4, -0.2) is 25.6 Å². The third-order valence-electron chi connectivity index (χ3n) is 1.14. The minimum atomic E-state index is -2.53. The predicted molar refractivity (Wildman–Crippen MR) is 40.1 cm³/mol. The van der Waals surface area contributed by atoms with E-state index in [1.165, 1.54) is 0 Å². The van der Waals surface area contributed by atoms with Gasteiger partial charge in [0, 0.05) is 6.54 Å². The van der Waals surface area contributed by atoms with E-state index in [2.05, 4.69) is 0 Å². The van der Waals surface area contributed by atoms with E-state index < -0.39 is 17.3 Å². The Morgan fingerprint density at radius 1 is 1.73 bits per heavy atom. The Morgan fingerprint density at radius 2 is 2.27 bits per heavy atom. The number of amides is 2. The molecule has 5 nitrogen and oxygen atoms in total. The highest BCUT2D eigenvalue weighted by atomic mass is 32.2. The zero-order chi connectivity index (χ0) is 8.85. The second-order valence-corrected chi connectivity index (χ2v) is 2.89. The van der Waals surface area contributed by atoms with Crippen molar-refractivity contribution in [2.24, 2.45) is 5.73 Å². The number of hydrogen-bond donors (Lipinski definition) is 1. The molecule has 0 bridgehead atoms. The summed E-state index contributed by atoms with van der Waals surface area (Å²) in [7, 11) is 0. The maximum absolute atomic E-state index is 10.4. The molecule has 1 unspecified atom stereocenters. The SMILES string of the molecule is CCCCN(C(N)=O)S(=O)[O-]. The summed E-state index contributed by atoms with van der Waals surface area (Å²) in [6.45, 7) is 2.06. The topological polar surface area (TPSA) is 86.5 Å². The van der Waals surface area contributed by atoms with Crippen molar-refractivity contribution >= 4 is 17.3 Å². The van der Waals surface area contributed by atoms with Crippen molar-refractivity contribution in [3.05, 3.63) is 0 Å². The number of rotatable bonds is 4. The highest BCUT2D eigenvalue weighted by molar-refractivity contribution is 7.77. The van der Waals surface area contributed by atoms with E-state index in [0.29, 0.717) is 10.7 Å². The molecular weight excluding hydrogens is 168 g/mol. The van der Waals surface area contributed by atoms with Gasteiger partial charge in [0.2, 0.25) is 0 Å². The van der Waals surface area contributed by atoms with Gasteiger partial charge in [0.05, 0.1) is 11.3 Å². The first kappa shape index (κ1) is 10.4. The van der Waals surface area contributed by atoms with Crippen LogP contribution in [0.2, 0.25) is 0 Å². The maximum atomic E-state index is 10.4. The minimum absolute atomic E-state index is 0.169. The Kier molecular flexibility index (Phi) is 4.80. The van der Waals surface area contributed by atoms with Gasteiger partial charge in [-0.25, -0.2) is 4.79 Å². The molecule has 0 spiro atoms. The van der Waals surface area contributed by atoms with Crippen LogP contribution in [0.1, 0.15) is 19.8 Å². The molecule has 11 heavy (non-hydrogen) atoms. The van der Waals surface area contributed by atoms with Crippen molar-refractivity contribution in [3.63, 3.8) is 0 Å². The first-order valence-corrected chi connectivity index (χ1v) is 4.29. The van der Waals surface area contributed by atoms with Gasteiger partial charge in [0.25, 0.3) is 0 Å². The molecule has 0 aromatic carbocycles. The van der Waals surface area contributed by atoms with Crippen molar-refractivity contribution < 1.29 is 13.6 Å². The molecule has 1 atom stereocenters. The van der Waals surface area contributed by atoms with Crippen LogP contribution in [0.25, 0.3) is 0 Å². The highest BCUT2D eigenvalue weighted by Crippen LogP contribution is 1.96. The van der Waals surface area contributed by atoms with Crippen molar-refractivity contribution in [3.8, 4) is 0 Å². The van der Waals surface area contributed by atoms with Crippen LogP contribution in [0.4, 0.5) is 4.79 Å². The van der Waals surface area contributed by atoms with Crippen molar-refractivity contribution in [1.82, 2.24) is 4.31 Å². The summed E-state index contributed by atoms with van der Waals surface area (Å²) in [6.07, 6.45) is 1.46. The zero-order valence-electron chi connectivity index (χ0n) is 6.28. The largest absolute Gasteiger partial charge is 0.755 e. The number of primary amides is 1. The van der Waals surface area contributed by atoms with Gasteiger partial charge in [-0.2, -0.15) is 0 Å². The summed E-state index contributed by atoms with van der Waals surface area (Å²) in [5, 5.41) is 0. The number of unbranched alkanes of at least 4 members (excludes halogenated alkanes) is 1. The molecule has 0 fully saturated rings. The fourth-order valence-electron chi connectivity index (χ4n) is 0.560. The summed E-state index contributed by atoms with van der Waals surface area (Å²) in [6, 6.07) is -0.924. The number of nitrogens with two attached hydrogens (primary N) is 1. The Balaban J connectivity index is 3.90. The lowest BCUT2D eigenvalue weighted by molar-refractivity contribution is 0.230. The molecule has 0 aliphatic rings. The molecular formula is C5H11N2O3S-. The molecule has 0 aromatic rings. The fraction of sp³-hybridized carbons (Fsp3) is 0.800. The zero-order valence-corrected chi connectivity index (χ0v) is 7.10. The Morgan fingerprint density at radius 3 is 2.55 bits per heavy atom. The lowest BCUT2D eigenvalue weighted by Crippen LogP contribution is -2.37. The molecule has 2 N–H and O–H groups in total. The number of carbonyl (C=O) groups excluding carboxylic acids is 1. The molecule has 0 aromatic heterocycles. The van der Waals surface area contributed by atoms with Gasteiger partial charge >= 0.3 is 6.03 Å². The first-order chi connectivity index (χ1) is 5.09. The smallest absolute Gasteiger partial charge is 0.325 e. The molecule has 0 saturated carbocycles. The van der Waals surface area contributed by atoms with Crippen LogP contribution < -0.4 is 5.73 Å². The molecule has 0 radical (unpaired) electrons. The molecule has 0 heterocycles. The first-order valence-electron chi connectivity index (χ1n) is 3.26. The van der Waals surface area contributed by atoms with Crippen LogP contribution in [-0.2, 0) is 11.3 Å². The number of nitrogens with zero attached hydrogens (tertiary/aromatic N) is 1. The van der Waals surface area contributed by atoms with Gasteiger partial charge < -0.3 is 10.3 Å². The van der Waals surface area contributed by atoms with E-state index in [1.807, 2.05) is 6.92 Å². The molecule has 66 valence electrons. The molecule has 0 saturated heterocycles. The van der Waals surface area contributed by atoms with Gasteiger partial charge in [-0.05, 0) is 6.42 Å². The van der Waals surface area contributed by atoms with E-state index in [4.69, 9.17) is 5.73 Å². The molecule has 0 rings (SSSR count). The quantitative estimate of drug-likeness (QED) is 0.614. The third kappa shape index (κ3) is 3.94. The fourth-order valence-corrected chi connectivity index (χ4v) is 0.985. The van der Waals surface area contributed by atoms with Crippen LogP contribution in [0.5, 0.6) is 0 Å². The van der Waals surface area contributed by atoms with Crippen LogP contribution >= 0.6 is 0 Å². The summed E-state index contributed by atoms with van der Waals surface area (Å²) in [5.74, 6) is 0. The van der Waals surface area contributed by atoms with E-state index in [9.17, 15) is 13.6 Å². The molecule has 0 aliphatic heterocycles. The number of hydrogen-bond acceptors (Lipinski definition) is 3. The Hall–Kier alpha value is -0.620. The van der Waals surface area contributed by atoms with Crippen molar-refractivity contribution in [1.29, 1.82) is 0 Å². The third-order valence-corrected chi connectivity index (χ3v) is 1.86. The van der Waals surface area contributed by atoms with Crippen LogP contribution in [0.3, 0.4) is 0 Å². The van der Waals surface area contributed by atoms with Crippen molar-refractivity contribution in [2.75, 3.05) is 6.54 Å². The Bertz CT molecular complexity index is 148. The predicted octanol–water partition coefficient (Wildman–Crippen LogP) is -0.0387. The Labute approximate surface area is 68.0 Å². The monoisotopic (exact) mass is 179 g/mol. The second-order valence-electron chi connectivity index (χ2n) is 2.01. The normalized spacial score (nSPS) is 12.5. The van der Waals surface area contributed by atoms with Gasteiger partial charge in [-0.15, -0.1) is 0 Å². The van der Waals surface area contributed by atoms with Gasteiger partial charge in [-0.1, -0.05) is 13.3 Å². The average molecular weight is 179 g/mol. The summed E-state index contributed by atoms with van der Waals surface area (Å²) in [5.41, 5.74) is 4.77. The van der Waals surface area contributed by atoms with Crippen molar-refractivity contribution in [2.45, 2.75) is 19.8 Å². The van der Waals surface area contributed by atoms with Crippen LogP contribution in [0, 0.1) is 0 Å². The molecule has 6 heteroatoms. The van der Waals surface area contributed by atoms with E-state index >= 15 is 0 Å². The van der Waals surface area contributed by atoms with E-state index in [0.717, 1.165) is 6.42 Å². The summed E-state index contributed by atoms with van der Waals surface area (Å²) in [4.78, 5) is 10.4. The second kappa shape index (κ2) is 5.09. The summed E-state index contributed by atoms with van der Waals surface area (Å²) >= 11 is -2.53. The lowest BCUT2D eigenvalue weighted by atomic mass is 10.3. The molecule has 2 amide bonds. The van der Waals surface area contributed by atoms with Gasteiger partial charge in [0.1, 0.15) is 0 Å². The van der Waals surface area contributed by atoms with E-state index in [1.54, 1.807) is 0 Å². The molecule has 0 aliphatic carbocycles. The summed E-state index contributed by atoms with van der Waals surface area (Å²) < 4.78 is 21.1. The van der Waals surface area contributed by atoms with Gasteiger partial charge in [-0.3, -0.25) is 8.51 Å². The lowest BCUT2D eigenvalue weighted by Gasteiger charge is -2.21. The highest BCUT2D eigenvalue weighted by Gasteiger charge is 2.07. The average Bonchev–Trinajstić information content (AvgIpc) is 1.87. The maximum Gasteiger partial charge on any atom is 0.325 e. The minimum Gasteiger partial charge on any atom is -0.755 e. The number of urea groups is 1. The van der Waals surface area contributed by atoms with Crippen LogP contribution in [0.15, 0.2) is 0 Å².